The van der Waals surface area contributed by atoms with Crippen molar-refractivity contribution in [1.82, 2.24) is 5.32 Å². The second kappa shape index (κ2) is 6.42. The quantitative estimate of drug-likeness (QED) is 0.508. The van der Waals surface area contributed by atoms with Gasteiger partial charge in [0.05, 0.1) is 12.1 Å². The lowest BCUT2D eigenvalue weighted by atomic mass is 9.75. The van der Waals surface area contributed by atoms with Crippen LogP contribution >= 0.6 is 0 Å². The number of halogens is 3. The monoisotopic (exact) mass is 311 g/mol. The SMILES string of the molecule is C=C(C)CN=C(N)NC1CC(c2cccc(C(F)(F)F)c2)C1. The molecule has 0 aromatic heterocycles. The van der Waals surface area contributed by atoms with Gasteiger partial charge in [-0.15, -0.1) is 0 Å². The number of guanidine groups is 1. The topological polar surface area (TPSA) is 50.4 Å². The second-order valence-corrected chi connectivity index (χ2v) is 5.79. The standard InChI is InChI=1S/C16H20F3N3/c1-10(2)9-21-15(20)22-14-7-12(8-14)11-4-3-5-13(6-11)16(17,18)19/h3-6,12,14H,1,7-9H2,2H3,(H3,20,21,22). The maximum absolute atomic E-state index is 12.7. The molecule has 22 heavy (non-hydrogen) atoms. The van der Waals surface area contributed by atoms with Crippen LogP contribution in [0.5, 0.6) is 0 Å². The molecule has 0 bridgehead atoms. The molecule has 0 amide bonds. The zero-order valence-corrected chi connectivity index (χ0v) is 12.5. The third kappa shape index (κ3) is 4.26. The van der Waals surface area contributed by atoms with E-state index in [1.54, 1.807) is 6.07 Å². The molecule has 3 nitrogen and oxygen atoms in total. The molecule has 2 rings (SSSR count). The zero-order valence-electron chi connectivity index (χ0n) is 12.5. The van der Waals surface area contributed by atoms with Gasteiger partial charge in [-0.1, -0.05) is 30.4 Å². The van der Waals surface area contributed by atoms with Crippen LogP contribution in [0.15, 0.2) is 41.4 Å². The van der Waals surface area contributed by atoms with Gasteiger partial charge >= 0.3 is 6.18 Å². The maximum Gasteiger partial charge on any atom is 0.416 e. The van der Waals surface area contributed by atoms with Gasteiger partial charge in [0, 0.05) is 6.04 Å². The zero-order chi connectivity index (χ0) is 16.3. The van der Waals surface area contributed by atoms with Crippen LogP contribution in [0.4, 0.5) is 13.2 Å². The summed E-state index contributed by atoms with van der Waals surface area (Å²) in [6, 6.07) is 5.70. The van der Waals surface area contributed by atoms with Crippen molar-refractivity contribution in [3.63, 3.8) is 0 Å². The highest BCUT2D eigenvalue weighted by molar-refractivity contribution is 5.78. The normalized spacial score (nSPS) is 22.1. The Labute approximate surface area is 128 Å². The van der Waals surface area contributed by atoms with Crippen LogP contribution in [0.1, 0.15) is 36.8 Å². The number of rotatable bonds is 4. The summed E-state index contributed by atoms with van der Waals surface area (Å²) in [7, 11) is 0. The van der Waals surface area contributed by atoms with Gasteiger partial charge < -0.3 is 11.1 Å². The molecule has 120 valence electrons. The third-order valence-electron chi connectivity index (χ3n) is 3.69. The van der Waals surface area contributed by atoms with Crippen LogP contribution in [0, 0.1) is 0 Å². The molecule has 1 aromatic rings. The van der Waals surface area contributed by atoms with Crippen LogP contribution in [-0.2, 0) is 6.18 Å². The van der Waals surface area contributed by atoms with E-state index in [1.807, 2.05) is 6.92 Å². The summed E-state index contributed by atoms with van der Waals surface area (Å²) >= 11 is 0. The van der Waals surface area contributed by atoms with Gasteiger partial charge in [0.15, 0.2) is 5.96 Å². The van der Waals surface area contributed by atoms with Crippen LogP contribution in [0.2, 0.25) is 0 Å². The fraction of sp³-hybridized carbons (Fsp3) is 0.438. The Hall–Kier alpha value is -1.98. The fourth-order valence-electron chi connectivity index (χ4n) is 2.45. The van der Waals surface area contributed by atoms with Crippen LogP contribution < -0.4 is 11.1 Å². The first-order chi connectivity index (χ1) is 10.3. The first-order valence-electron chi connectivity index (χ1n) is 7.13. The van der Waals surface area contributed by atoms with Crippen molar-refractivity contribution in [2.75, 3.05) is 6.54 Å². The first-order valence-corrected chi connectivity index (χ1v) is 7.13. The molecule has 1 aliphatic rings. The maximum atomic E-state index is 12.7. The molecular formula is C16H20F3N3. The number of hydrogen-bond acceptors (Lipinski definition) is 1. The lowest BCUT2D eigenvalue weighted by molar-refractivity contribution is -0.137. The molecule has 0 saturated heterocycles. The van der Waals surface area contributed by atoms with E-state index in [-0.39, 0.29) is 12.0 Å². The summed E-state index contributed by atoms with van der Waals surface area (Å²) in [6.45, 7) is 6.08. The minimum absolute atomic E-state index is 0.133. The molecule has 0 heterocycles. The Balaban J connectivity index is 1.89. The predicted octanol–water partition coefficient (Wildman–Crippen LogP) is 3.43. The molecule has 0 spiro atoms. The van der Waals surface area contributed by atoms with E-state index in [0.29, 0.717) is 12.5 Å². The second-order valence-electron chi connectivity index (χ2n) is 5.79. The summed E-state index contributed by atoms with van der Waals surface area (Å²) in [5.41, 5.74) is 6.80. The van der Waals surface area contributed by atoms with E-state index >= 15 is 0 Å². The average Bonchev–Trinajstić information content (AvgIpc) is 2.39. The molecule has 0 aliphatic heterocycles. The molecule has 0 atom stereocenters. The molecule has 1 saturated carbocycles. The number of aliphatic imine (C=N–C) groups is 1. The van der Waals surface area contributed by atoms with Crippen molar-refractivity contribution in [2.45, 2.75) is 37.9 Å². The van der Waals surface area contributed by atoms with Crippen LogP contribution in [0.3, 0.4) is 0 Å². The summed E-state index contributed by atoms with van der Waals surface area (Å²) in [6.07, 6.45) is -2.79. The summed E-state index contributed by atoms with van der Waals surface area (Å²) in [4.78, 5) is 4.12. The Kier molecular flexibility index (Phi) is 4.78. The van der Waals surface area contributed by atoms with E-state index in [4.69, 9.17) is 5.73 Å². The average molecular weight is 311 g/mol. The predicted molar refractivity (Wildman–Crippen MR) is 81.6 cm³/mol. The molecular weight excluding hydrogens is 291 g/mol. The van der Waals surface area contributed by atoms with E-state index in [1.165, 1.54) is 12.1 Å². The lowest BCUT2D eigenvalue weighted by Gasteiger charge is -2.36. The fourth-order valence-corrected chi connectivity index (χ4v) is 2.45. The first kappa shape index (κ1) is 16.4. The van der Waals surface area contributed by atoms with Gasteiger partial charge in [0.25, 0.3) is 0 Å². The van der Waals surface area contributed by atoms with E-state index in [9.17, 15) is 13.2 Å². The Morgan fingerprint density at radius 2 is 2.09 bits per heavy atom. The summed E-state index contributed by atoms with van der Waals surface area (Å²) in [5.74, 6) is 0.490. The van der Waals surface area contributed by atoms with Crippen molar-refractivity contribution < 1.29 is 13.2 Å². The highest BCUT2D eigenvalue weighted by Gasteiger charge is 2.34. The molecule has 0 unspecified atom stereocenters. The van der Waals surface area contributed by atoms with Crippen LogP contribution in [0.25, 0.3) is 0 Å². The number of benzene rings is 1. The number of nitrogens with two attached hydrogens (primary N) is 1. The summed E-state index contributed by atoms with van der Waals surface area (Å²) in [5, 5.41) is 3.08. The van der Waals surface area contributed by atoms with Crippen molar-refractivity contribution in [3.05, 3.63) is 47.5 Å². The van der Waals surface area contributed by atoms with E-state index in [0.717, 1.165) is 30.0 Å². The number of nitrogens with zero attached hydrogens (tertiary/aromatic N) is 1. The lowest BCUT2D eigenvalue weighted by Crippen LogP contribution is -2.46. The van der Waals surface area contributed by atoms with Crippen molar-refractivity contribution in [3.8, 4) is 0 Å². The van der Waals surface area contributed by atoms with Gasteiger partial charge in [0.1, 0.15) is 0 Å². The molecule has 1 aromatic carbocycles. The van der Waals surface area contributed by atoms with Gasteiger partial charge in [-0.3, -0.25) is 0 Å². The molecule has 6 heteroatoms. The van der Waals surface area contributed by atoms with Crippen molar-refractivity contribution in [2.24, 2.45) is 10.7 Å². The minimum atomic E-state index is -4.29. The largest absolute Gasteiger partial charge is 0.416 e. The number of alkyl halides is 3. The van der Waals surface area contributed by atoms with E-state index in [2.05, 4.69) is 16.9 Å². The Bertz CT molecular complexity index is 572. The molecule has 1 fully saturated rings. The van der Waals surface area contributed by atoms with Gasteiger partial charge in [0.2, 0.25) is 0 Å². The molecule has 1 aliphatic carbocycles. The Morgan fingerprint density at radius 1 is 1.41 bits per heavy atom. The highest BCUT2D eigenvalue weighted by Crippen LogP contribution is 2.39. The van der Waals surface area contributed by atoms with E-state index < -0.39 is 11.7 Å². The minimum Gasteiger partial charge on any atom is -0.370 e. The number of hydrogen-bond donors (Lipinski definition) is 2. The van der Waals surface area contributed by atoms with Gasteiger partial charge in [-0.2, -0.15) is 13.2 Å². The van der Waals surface area contributed by atoms with Gasteiger partial charge in [-0.25, -0.2) is 4.99 Å². The number of nitrogens with one attached hydrogen (secondary N) is 1. The summed E-state index contributed by atoms with van der Waals surface area (Å²) < 4.78 is 38.1. The highest BCUT2D eigenvalue weighted by atomic mass is 19.4. The van der Waals surface area contributed by atoms with Gasteiger partial charge in [-0.05, 0) is 37.3 Å². The van der Waals surface area contributed by atoms with Crippen molar-refractivity contribution in [1.29, 1.82) is 0 Å². The molecule has 0 radical (unpaired) electrons. The Morgan fingerprint density at radius 3 is 2.68 bits per heavy atom. The van der Waals surface area contributed by atoms with Crippen molar-refractivity contribution >= 4 is 5.96 Å². The smallest absolute Gasteiger partial charge is 0.370 e. The molecule has 3 N–H and O–H groups in total. The third-order valence-corrected chi connectivity index (χ3v) is 3.69. The van der Waals surface area contributed by atoms with Crippen LogP contribution in [-0.4, -0.2) is 18.5 Å².